The van der Waals surface area contributed by atoms with Gasteiger partial charge in [-0.15, -0.1) is 0 Å². The molecule has 7 nitrogen and oxygen atoms in total. The summed E-state index contributed by atoms with van der Waals surface area (Å²) in [4.78, 5) is 30.2. The van der Waals surface area contributed by atoms with Gasteiger partial charge in [0.05, 0.1) is 29.9 Å². The number of nitrogens with zero attached hydrogens (tertiary/aromatic N) is 2. The van der Waals surface area contributed by atoms with Crippen LogP contribution < -0.4 is 24.4 Å². The molecular formula is C27H22ClF3N2O5S. The lowest BCUT2D eigenvalue weighted by Gasteiger charge is -2.26. The Kier molecular flexibility index (Phi) is 8.31. The first kappa shape index (κ1) is 28.2. The van der Waals surface area contributed by atoms with Crippen molar-refractivity contribution in [3.8, 4) is 11.5 Å². The lowest BCUT2D eigenvalue weighted by molar-refractivity contribution is -0.140. The number of benzene rings is 2. The number of carbonyl (C=O) groups is 1. The van der Waals surface area contributed by atoms with Gasteiger partial charge in [-0.2, -0.15) is 13.2 Å². The summed E-state index contributed by atoms with van der Waals surface area (Å²) in [6.45, 7) is 5.07. The zero-order valence-corrected chi connectivity index (χ0v) is 22.3. The summed E-state index contributed by atoms with van der Waals surface area (Å²) < 4.78 is 59.9. The van der Waals surface area contributed by atoms with Crippen LogP contribution in [0.5, 0.6) is 11.5 Å². The lowest BCUT2D eigenvalue weighted by atomic mass is 9.95. The number of rotatable bonds is 8. The van der Waals surface area contributed by atoms with Crippen molar-refractivity contribution in [1.82, 2.24) is 4.57 Å². The molecule has 0 aliphatic carbocycles. The molecule has 2 heterocycles. The van der Waals surface area contributed by atoms with Gasteiger partial charge in [-0.3, -0.25) is 9.36 Å². The number of para-hydroxylation sites is 1. The van der Waals surface area contributed by atoms with Crippen LogP contribution in [0.2, 0.25) is 5.02 Å². The maximum atomic E-state index is 14.2. The van der Waals surface area contributed by atoms with Crippen LogP contribution in [0.1, 0.15) is 24.1 Å². The highest BCUT2D eigenvalue weighted by molar-refractivity contribution is 7.07. The van der Waals surface area contributed by atoms with Crippen LogP contribution in [-0.2, 0) is 9.53 Å². The molecule has 0 unspecified atom stereocenters. The van der Waals surface area contributed by atoms with Crippen molar-refractivity contribution < 1.29 is 32.2 Å². The van der Waals surface area contributed by atoms with Crippen molar-refractivity contribution in [1.29, 1.82) is 0 Å². The van der Waals surface area contributed by atoms with Gasteiger partial charge in [-0.05, 0) is 36.8 Å². The van der Waals surface area contributed by atoms with Gasteiger partial charge in [0.1, 0.15) is 6.61 Å². The van der Waals surface area contributed by atoms with E-state index in [0.29, 0.717) is 22.1 Å². The number of halogens is 4. The van der Waals surface area contributed by atoms with E-state index in [-0.39, 0.29) is 28.1 Å². The molecule has 3 aromatic rings. The maximum absolute atomic E-state index is 14.2. The third-order valence-corrected chi connectivity index (χ3v) is 6.88. The molecule has 0 saturated heterocycles. The first-order chi connectivity index (χ1) is 18.6. The second kappa shape index (κ2) is 11.5. The zero-order valence-electron chi connectivity index (χ0n) is 20.8. The normalized spacial score (nSPS) is 15.4. The van der Waals surface area contributed by atoms with Crippen molar-refractivity contribution in [2.45, 2.75) is 19.1 Å². The van der Waals surface area contributed by atoms with E-state index in [1.54, 1.807) is 18.2 Å². The fraction of sp³-hybridized carbons (Fsp3) is 0.222. The number of esters is 1. The number of ether oxygens (including phenoxy) is 3. The summed E-state index contributed by atoms with van der Waals surface area (Å²) in [5.74, 6) is -0.514. The third-order valence-electron chi connectivity index (χ3n) is 5.64. The Hall–Kier alpha value is -3.83. The second-order valence-electron chi connectivity index (χ2n) is 8.09. The topological polar surface area (TPSA) is 79.1 Å². The summed E-state index contributed by atoms with van der Waals surface area (Å²) in [5, 5.41) is 0.328. The molecule has 39 heavy (non-hydrogen) atoms. The average molecular weight is 579 g/mol. The number of methoxy groups -OCH3 is 1. The van der Waals surface area contributed by atoms with Gasteiger partial charge in [-0.1, -0.05) is 59.9 Å². The van der Waals surface area contributed by atoms with E-state index in [4.69, 9.17) is 25.8 Å². The second-order valence-corrected chi connectivity index (χ2v) is 9.54. The third kappa shape index (κ3) is 5.64. The number of thiazole rings is 1. The van der Waals surface area contributed by atoms with Gasteiger partial charge in [0.15, 0.2) is 22.0 Å². The van der Waals surface area contributed by atoms with E-state index >= 15 is 0 Å². The van der Waals surface area contributed by atoms with Gasteiger partial charge in [-0.25, -0.2) is 9.79 Å². The Morgan fingerprint density at radius 2 is 1.95 bits per heavy atom. The van der Waals surface area contributed by atoms with Crippen LogP contribution in [0.25, 0.3) is 6.08 Å². The van der Waals surface area contributed by atoms with E-state index < -0.39 is 35.0 Å². The van der Waals surface area contributed by atoms with Gasteiger partial charge < -0.3 is 14.2 Å². The molecule has 0 spiro atoms. The number of aromatic nitrogens is 1. The maximum Gasteiger partial charge on any atom is 0.434 e. The molecule has 2 aromatic carbocycles. The minimum atomic E-state index is -5.00. The van der Waals surface area contributed by atoms with E-state index in [1.165, 1.54) is 50.5 Å². The molecule has 1 atom stereocenters. The number of hydrogen-bond acceptors (Lipinski definition) is 7. The molecule has 4 rings (SSSR count). The Labute approximate surface area is 229 Å². The monoisotopic (exact) mass is 578 g/mol. The summed E-state index contributed by atoms with van der Waals surface area (Å²) in [6.07, 6.45) is -1.99. The molecule has 204 valence electrons. The van der Waals surface area contributed by atoms with Crippen LogP contribution in [0.4, 0.5) is 13.2 Å². The molecule has 0 saturated carbocycles. The Morgan fingerprint density at radius 3 is 2.56 bits per heavy atom. The molecule has 0 bridgehead atoms. The van der Waals surface area contributed by atoms with Gasteiger partial charge in [0, 0.05) is 10.6 Å². The number of fused-ring (bicyclic) bond motifs is 1. The quantitative estimate of drug-likeness (QED) is 0.289. The predicted octanol–water partition coefficient (Wildman–Crippen LogP) is 4.57. The molecule has 0 fully saturated rings. The minimum absolute atomic E-state index is 0.0658. The van der Waals surface area contributed by atoms with Crippen molar-refractivity contribution in [3.05, 3.63) is 102 Å². The highest BCUT2D eigenvalue weighted by Crippen LogP contribution is 2.38. The smallest absolute Gasteiger partial charge is 0.434 e. The molecule has 12 heteroatoms. The number of carbonyl (C=O) groups excluding carboxylic acids is 1. The summed E-state index contributed by atoms with van der Waals surface area (Å²) in [6, 6.07) is 9.38. The van der Waals surface area contributed by atoms with Crippen molar-refractivity contribution in [2.24, 2.45) is 4.99 Å². The Balaban J connectivity index is 2.03. The molecule has 0 N–H and O–H groups in total. The van der Waals surface area contributed by atoms with Crippen molar-refractivity contribution in [3.63, 3.8) is 0 Å². The van der Waals surface area contributed by atoms with Gasteiger partial charge in [0.2, 0.25) is 0 Å². The van der Waals surface area contributed by atoms with Crippen LogP contribution in [0, 0.1) is 0 Å². The van der Waals surface area contributed by atoms with Crippen LogP contribution in [0.3, 0.4) is 0 Å². The van der Waals surface area contributed by atoms with Crippen LogP contribution in [-0.4, -0.2) is 37.0 Å². The molecule has 1 aliphatic rings. The standard InChI is InChI=1S/C27H22ClF3N2O5S/c1-4-13-38-22-16(7-6-8-18(22)36-3)14-19-24(34)33-21(15-9-11-17(28)12-10-15)20(25(35)37-5-2)23(27(29,30)31)32-26(33)39-19/h4,6-12,14,21H,1,5,13H2,2-3H3/b19-14-/t21-/m0/s1. The van der Waals surface area contributed by atoms with Crippen molar-refractivity contribution in [2.75, 3.05) is 20.3 Å². The fourth-order valence-electron chi connectivity index (χ4n) is 4.05. The fourth-order valence-corrected chi connectivity index (χ4v) is 5.16. The Bertz CT molecular complexity index is 1620. The lowest BCUT2D eigenvalue weighted by Crippen LogP contribution is -2.41. The minimum Gasteiger partial charge on any atom is -0.493 e. The van der Waals surface area contributed by atoms with E-state index in [0.717, 1.165) is 15.9 Å². The summed E-state index contributed by atoms with van der Waals surface area (Å²) >= 11 is 6.75. The van der Waals surface area contributed by atoms with E-state index in [2.05, 4.69) is 11.6 Å². The summed E-state index contributed by atoms with van der Waals surface area (Å²) in [5.41, 5.74) is -2.19. The highest BCUT2D eigenvalue weighted by Gasteiger charge is 2.45. The largest absolute Gasteiger partial charge is 0.493 e. The van der Waals surface area contributed by atoms with Crippen LogP contribution in [0.15, 0.2) is 76.2 Å². The predicted molar refractivity (Wildman–Crippen MR) is 141 cm³/mol. The highest BCUT2D eigenvalue weighted by atomic mass is 35.5. The van der Waals surface area contributed by atoms with E-state index in [1.807, 2.05) is 0 Å². The molecular weight excluding hydrogens is 557 g/mol. The Morgan fingerprint density at radius 1 is 1.23 bits per heavy atom. The van der Waals surface area contributed by atoms with Crippen molar-refractivity contribution >= 4 is 35.0 Å². The first-order valence-electron chi connectivity index (χ1n) is 11.6. The average Bonchev–Trinajstić information content (AvgIpc) is 3.21. The zero-order chi connectivity index (χ0) is 28.3. The van der Waals surface area contributed by atoms with Crippen LogP contribution >= 0.6 is 22.9 Å². The number of alkyl halides is 3. The van der Waals surface area contributed by atoms with E-state index in [9.17, 15) is 22.8 Å². The summed E-state index contributed by atoms with van der Waals surface area (Å²) in [7, 11) is 1.45. The van der Waals surface area contributed by atoms with Gasteiger partial charge >= 0.3 is 12.1 Å². The number of hydrogen-bond donors (Lipinski definition) is 0. The van der Waals surface area contributed by atoms with Gasteiger partial charge in [0.25, 0.3) is 5.56 Å². The molecule has 0 radical (unpaired) electrons. The molecule has 0 amide bonds. The number of allylic oxidation sites excluding steroid dienone is 1. The molecule has 1 aliphatic heterocycles. The molecule has 1 aromatic heterocycles. The SMILES string of the molecule is C=CCOc1c(/C=c2\sc3n(c2=O)[C@@H](c2ccc(Cl)cc2)C(C(=O)OCC)=C(C(F)(F)F)N=3)cccc1OC. The first-order valence-corrected chi connectivity index (χ1v) is 12.8.